The molecular weight excluding hydrogens is 360 g/mol. The van der Waals surface area contributed by atoms with E-state index in [1.807, 2.05) is 24.3 Å². The van der Waals surface area contributed by atoms with Crippen molar-refractivity contribution in [2.45, 2.75) is 38.4 Å². The van der Waals surface area contributed by atoms with Crippen LogP contribution in [0.2, 0.25) is 0 Å². The van der Waals surface area contributed by atoms with Crippen molar-refractivity contribution in [2.75, 3.05) is 18.4 Å². The first-order valence-electron chi connectivity index (χ1n) is 9.45. The molecule has 1 amide bonds. The van der Waals surface area contributed by atoms with Crippen LogP contribution in [0.25, 0.3) is 0 Å². The van der Waals surface area contributed by atoms with Crippen LogP contribution in [-0.4, -0.2) is 31.7 Å². The molecule has 5 nitrogen and oxygen atoms in total. The third-order valence-electron chi connectivity index (χ3n) is 4.89. The van der Waals surface area contributed by atoms with E-state index in [9.17, 15) is 13.2 Å². The molecule has 1 saturated heterocycles. The van der Waals surface area contributed by atoms with Crippen LogP contribution in [0.4, 0.5) is 5.69 Å². The maximum absolute atomic E-state index is 12.5. The van der Waals surface area contributed by atoms with Crippen molar-refractivity contribution in [3.63, 3.8) is 0 Å². The van der Waals surface area contributed by atoms with Crippen LogP contribution < -0.4 is 5.32 Å². The number of carbonyl (C=O) groups excluding carboxylic acids is 1. The number of carbonyl (C=O) groups is 1. The van der Waals surface area contributed by atoms with Gasteiger partial charge in [0.15, 0.2) is 0 Å². The average Bonchev–Trinajstić information content (AvgIpc) is 2.69. The Morgan fingerprint density at radius 1 is 0.926 bits per heavy atom. The van der Waals surface area contributed by atoms with Crippen molar-refractivity contribution in [3.8, 4) is 0 Å². The Hall–Kier alpha value is -2.18. The molecule has 0 bridgehead atoms. The standard InChI is InChI=1S/C21H26N2O3S/c1-2-17-8-12-20(13-9-17)22-21(24)19-10-6-18(7-11-19)16-27(25,26)23-14-4-3-5-15-23/h6-13H,2-5,14-16H2,1H3,(H,22,24). The molecule has 0 radical (unpaired) electrons. The normalized spacial score (nSPS) is 15.4. The summed E-state index contributed by atoms with van der Waals surface area (Å²) in [6, 6.07) is 14.5. The number of hydrogen-bond acceptors (Lipinski definition) is 3. The van der Waals surface area contributed by atoms with Crippen molar-refractivity contribution in [2.24, 2.45) is 0 Å². The summed E-state index contributed by atoms with van der Waals surface area (Å²) in [5.41, 5.74) is 3.17. The number of aryl methyl sites for hydroxylation is 1. The van der Waals surface area contributed by atoms with Crippen molar-refractivity contribution < 1.29 is 13.2 Å². The summed E-state index contributed by atoms with van der Waals surface area (Å²) < 4.78 is 26.6. The molecule has 0 atom stereocenters. The second-order valence-corrected chi connectivity index (χ2v) is 8.89. The topological polar surface area (TPSA) is 66.5 Å². The largest absolute Gasteiger partial charge is 0.322 e. The molecule has 2 aromatic rings. The third-order valence-corrected chi connectivity index (χ3v) is 6.74. The smallest absolute Gasteiger partial charge is 0.255 e. The highest BCUT2D eigenvalue weighted by Gasteiger charge is 2.24. The summed E-state index contributed by atoms with van der Waals surface area (Å²) in [7, 11) is -3.29. The lowest BCUT2D eigenvalue weighted by Gasteiger charge is -2.25. The Morgan fingerprint density at radius 3 is 2.11 bits per heavy atom. The molecule has 1 N–H and O–H groups in total. The van der Waals surface area contributed by atoms with Crippen LogP contribution in [0.5, 0.6) is 0 Å². The molecule has 1 aliphatic heterocycles. The Balaban J connectivity index is 1.62. The van der Waals surface area contributed by atoms with Gasteiger partial charge in [-0.25, -0.2) is 12.7 Å². The van der Waals surface area contributed by atoms with Gasteiger partial charge in [-0.3, -0.25) is 4.79 Å². The molecule has 1 fully saturated rings. The number of nitrogens with one attached hydrogen (secondary N) is 1. The zero-order chi connectivity index (χ0) is 19.3. The number of piperidine rings is 1. The molecule has 1 heterocycles. The van der Waals surface area contributed by atoms with Crippen LogP contribution in [0.15, 0.2) is 48.5 Å². The average molecular weight is 387 g/mol. The van der Waals surface area contributed by atoms with Gasteiger partial charge in [0.25, 0.3) is 5.91 Å². The first kappa shape index (κ1) is 19.6. The fourth-order valence-corrected chi connectivity index (χ4v) is 4.84. The van der Waals surface area contributed by atoms with Crippen molar-refractivity contribution in [1.29, 1.82) is 0 Å². The maximum Gasteiger partial charge on any atom is 0.255 e. The minimum Gasteiger partial charge on any atom is -0.322 e. The number of amides is 1. The molecule has 27 heavy (non-hydrogen) atoms. The minimum atomic E-state index is -3.29. The fourth-order valence-electron chi connectivity index (χ4n) is 3.22. The fraction of sp³-hybridized carbons (Fsp3) is 0.381. The number of nitrogens with zero attached hydrogens (tertiary/aromatic N) is 1. The molecule has 6 heteroatoms. The van der Waals surface area contributed by atoms with Crippen molar-refractivity contribution in [1.82, 2.24) is 4.31 Å². The predicted molar refractivity (Wildman–Crippen MR) is 108 cm³/mol. The molecule has 0 spiro atoms. The van der Waals surface area contributed by atoms with Crippen LogP contribution in [-0.2, 0) is 22.2 Å². The number of hydrogen-bond donors (Lipinski definition) is 1. The molecule has 0 aliphatic carbocycles. The van der Waals surface area contributed by atoms with E-state index in [2.05, 4.69) is 12.2 Å². The van der Waals surface area contributed by atoms with E-state index >= 15 is 0 Å². The van der Waals surface area contributed by atoms with Gasteiger partial charge in [0.1, 0.15) is 0 Å². The van der Waals surface area contributed by atoms with Gasteiger partial charge in [-0.2, -0.15) is 0 Å². The van der Waals surface area contributed by atoms with Gasteiger partial charge in [0.2, 0.25) is 10.0 Å². The molecule has 2 aromatic carbocycles. The predicted octanol–water partition coefficient (Wildman–Crippen LogP) is 3.82. The van der Waals surface area contributed by atoms with Gasteiger partial charge < -0.3 is 5.32 Å². The second-order valence-electron chi connectivity index (χ2n) is 6.92. The second kappa shape index (κ2) is 8.67. The van der Waals surface area contributed by atoms with E-state index in [0.717, 1.165) is 31.4 Å². The van der Waals surface area contributed by atoms with E-state index in [1.165, 1.54) is 5.56 Å². The lowest BCUT2D eigenvalue weighted by molar-refractivity contribution is 0.102. The summed E-state index contributed by atoms with van der Waals surface area (Å²) >= 11 is 0. The SMILES string of the molecule is CCc1ccc(NC(=O)c2ccc(CS(=O)(=O)N3CCCCC3)cc2)cc1. The Kier molecular flexibility index (Phi) is 6.29. The van der Waals surface area contributed by atoms with E-state index in [1.54, 1.807) is 28.6 Å². The van der Waals surface area contributed by atoms with Gasteiger partial charge in [-0.15, -0.1) is 0 Å². The minimum absolute atomic E-state index is 0.0205. The van der Waals surface area contributed by atoms with E-state index in [4.69, 9.17) is 0 Å². The first-order valence-corrected chi connectivity index (χ1v) is 11.1. The molecule has 1 aliphatic rings. The third kappa shape index (κ3) is 5.17. The highest BCUT2D eigenvalue weighted by Crippen LogP contribution is 2.18. The number of sulfonamides is 1. The van der Waals surface area contributed by atoms with Gasteiger partial charge in [-0.1, -0.05) is 37.6 Å². The summed E-state index contributed by atoms with van der Waals surface area (Å²) in [5.74, 6) is -0.224. The molecule has 0 unspecified atom stereocenters. The summed E-state index contributed by atoms with van der Waals surface area (Å²) in [5, 5.41) is 2.86. The molecular formula is C21H26N2O3S. The van der Waals surface area contributed by atoms with Crippen LogP contribution in [0.3, 0.4) is 0 Å². The highest BCUT2D eigenvalue weighted by atomic mass is 32.2. The molecule has 144 valence electrons. The van der Waals surface area contributed by atoms with Crippen LogP contribution in [0, 0.1) is 0 Å². The van der Waals surface area contributed by atoms with Crippen LogP contribution >= 0.6 is 0 Å². The van der Waals surface area contributed by atoms with Gasteiger partial charge >= 0.3 is 0 Å². The molecule has 0 saturated carbocycles. The van der Waals surface area contributed by atoms with E-state index in [0.29, 0.717) is 24.2 Å². The summed E-state index contributed by atoms with van der Waals surface area (Å²) in [6.45, 7) is 3.31. The van der Waals surface area contributed by atoms with E-state index in [-0.39, 0.29) is 11.7 Å². The Bertz CT molecular complexity index is 869. The van der Waals surface area contributed by atoms with Gasteiger partial charge in [-0.05, 0) is 54.7 Å². The summed E-state index contributed by atoms with van der Waals surface area (Å²) in [4.78, 5) is 12.4. The monoisotopic (exact) mass is 386 g/mol. The quantitative estimate of drug-likeness (QED) is 0.821. The van der Waals surface area contributed by atoms with Crippen LogP contribution in [0.1, 0.15) is 47.7 Å². The zero-order valence-corrected chi connectivity index (χ0v) is 16.5. The summed E-state index contributed by atoms with van der Waals surface area (Å²) in [6.07, 6.45) is 3.90. The lowest BCUT2D eigenvalue weighted by Crippen LogP contribution is -2.36. The molecule has 0 aromatic heterocycles. The van der Waals surface area contributed by atoms with Gasteiger partial charge in [0, 0.05) is 24.3 Å². The first-order chi connectivity index (χ1) is 13.0. The Labute approximate surface area is 161 Å². The highest BCUT2D eigenvalue weighted by molar-refractivity contribution is 7.88. The maximum atomic E-state index is 12.5. The zero-order valence-electron chi connectivity index (χ0n) is 15.6. The van der Waals surface area contributed by atoms with Crippen molar-refractivity contribution >= 4 is 21.6 Å². The van der Waals surface area contributed by atoms with Crippen molar-refractivity contribution in [3.05, 3.63) is 65.2 Å². The molecule has 3 rings (SSSR count). The van der Waals surface area contributed by atoms with Gasteiger partial charge in [0.05, 0.1) is 5.75 Å². The lowest BCUT2D eigenvalue weighted by atomic mass is 10.1. The number of rotatable bonds is 6. The Morgan fingerprint density at radius 2 is 1.52 bits per heavy atom. The van der Waals surface area contributed by atoms with E-state index < -0.39 is 10.0 Å². The number of benzene rings is 2. The number of anilines is 1.